The van der Waals surface area contributed by atoms with Gasteiger partial charge in [-0.05, 0) is 35.7 Å². The molecule has 2 aromatic carbocycles. The van der Waals surface area contributed by atoms with Crippen LogP contribution >= 0.6 is 15.9 Å². The minimum Gasteiger partial charge on any atom is -0.396 e. The van der Waals surface area contributed by atoms with Gasteiger partial charge in [-0.25, -0.2) is 8.78 Å². The molecular formula is C15H13BrF2O. The summed E-state index contributed by atoms with van der Waals surface area (Å²) < 4.78 is 27.2. The lowest BCUT2D eigenvalue weighted by molar-refractivity contribution is 0.264. The van der Waals surface area contributed by atoms with Crippen molar-refractivity contribution >= 4 is 15.9 Å². The van der Waals surface area contributed by atoms with Crippen LogP contribution in [0.5, 0.6) is 0 Å². The third-order valence-corrected chi connectivity index (χ3v) is 3.69. The smallest absolute Gasteiger partial charge is 0.126 e. The van der Waals surface area contributed by atoms with Gasteiger partial charge in [0.2, 0.25) is 0 Å². The maximum Gasteiger partial charge on any atom is 0.126 e. The van der Waals surface area contributed by atoms with Gasteiger partial charge in [0.15, 0.2) is 0 Å². The molecule has 0 radical (unpaired) electrons. The van der Waals surface area contributed by atoms with Crippen LogP contribution in [0.1, 0.15) is 17.0 Å². The summed E-state index contributed by atoms with van der Waals surface area (Å²) in [7, 11) is 0. The monoisotopic (exact) mass is 326 g/mol. The Kier molecular flexibility index (Phi) is 4.66. The highest BCUT2D eigenvalue weighted by Crippen LogP contribution is 2.27. The van der Waals surface area contributed by atoms with Crippen molar-refractivity contribution in [1.82, 2.24) is 0 Å². The van der Waals surface area contributed by atoms with Gasteiger partial charge in [0, 0.05) is 16.5 Å². The van der Waals surface area contributed by atoms with Crippen LogP contribution in [-0.2, 0) is 6.42 Å². The number of aliphatic hydroxyl groups excluding tert-OH is 1. The van der Waals surface area contributed by atoms with E-state index in [4.69, 9.17) is 0 Å². The molecule has 0 saturated heterocycles. The zero-order valence-corrected chi connectivity index (χ0v) is 11.7. The molecule has 0 amide bonds. The first-order valence-corrected chi connectivity index (χ1v) is 6.69. The largest absolute Gasteiger partial charge is 0.396 e. The van der Waals surface area contributed by atoms with Gasteiger partial charge in [-0.2, -0.15) is 0 Å². The summed E-state index contributed by atoms with van der Waals surface area (Å²) in [5, 5.41) is 9.50. The number of aliphatic hydroxyl groups is 1. The van der Waals surface area contributed by atoms with Crippen molar-refractivity contribution in [2.24, 2.45) is 0 Å². The molecule has 0 bridgehead atoms. The number of benzene rings is 2. The van der Waals surface area contributed by atoms with Crippen molar-refractivity contribution in [3.8, 4) is 0 Å². The molecule has 1 unspecified atom stereocenters. The van der Waals surface area contributed by atoms with E-state index in [-0.39, 0.29) is 12.5 Å². The normalized spacial score (nSPS) is 12.4. The van der Waals surface area contributed by atoms with Gasteiger partial charge in [-0.3, -0.25) is 0 Å². The summed E-state index contributed by atoms with van der Waals surface area (Å²) in [6, 6.07) is 10.9. The van der Waals surface area contributed by atoms with Gasteiger partial charge in [0.05, 0.1) is 6.61 Å². The molecule has 0 aliphatic carbocycles. The van der Waals surface area contributed by atoms with E-state index < -0.39 is 11.6 Å². The minimum atomic E-state index is -0.598. The molecule has 4 heteroatoms. The quantitative estimate of drug-likeness (QED) is 0.898. The predicted molar refractivity (Wildman–Crippen MR) is 74.0 cm³/mol. The first-order chi connectivity index (χ1) is 9.10. The minimum absolute atomic E-state index is 0.0826. The van der Waals surface area contributed by atoms with E-state index in [1.807, 2.05) is 24.3 Å². The fraction of sp³-hybridized carbons (Fsp3) is 0.200. The Morgan fingerprint density at radius 3 is 2.26 bits per heavy atom. The van der Waals surface area contributed by atoms with Crippen LogP contribution in [0.4, 0.5) is 8.78 Å². The first-order valence-electron chi connectivity index (χ1n) is 5.90. The number of halogens is 3. The van der Waals surface area contributed by atoms with Gasteiger partial charge in [0.25, 0.3) is 0 Å². The molecule has 2 aromatic rings. The average Bonchev–Trinajstić information content (AvgIpc) is 2.36. The average molecular weight is 327 g/mol. The number of hydrogen-bond donors (Lipinski definition) is 1. The second-order valence-corrected chi connectivity index (χ2v) is 5.24. The maximum absolute atomic E-state index is 13.2. The Morgan fingerprint density at radius 1 is 1.05 bits per heavy atom. The zero-order chi connectivity index (χ0) is 13.8. The van der Waals surface area contributed by atoms with Crippen molar-refractivity contribution in [1.29, 1.82) is 0 Å². The molecule has 0 aliphatic heterocycles. The standard InChI is InChI=1S/C15H13BrF2O/c16-15-4-2-1-3-14(15)11(9-19)5-10-6-12(17)8-13(18)7-10/h1-4,6-8,11,19H,5,9H2. The Morgan fingerprint density at radius 2 is 1.68 bits per heavy atom. The summed E-state index contributed by atoms with van der Waals surface area (Å²) in [6.07, 6.45) is 0.383. The zero-order valence-electron chi connectivity index (χ0n) is 10.1. The van der Waals surface area contributed by atoms with Crippen LogP contribution in [0, 0.1) is 11.6 Å². The molecule has 19 heavy (non-hydrogen) atoms. The number of rotatable bonds is 4. The summed E-state index contributed by atoms with van der Waals surface area (Å²) in [4.78, 5) is 0. The molecule has 2 rings (SSSR count). The molecule has 0 fully saturated rings. The predicted octanol–water partition coefficient (Wildman–Crippen LogP) is 4.05. The van der Waals surface area contributed by atoms with E-state index in [1.54, 1.807) is 0 Å². The third-order valence-electron chi connectivity index (χ3n) is 2.97. The third kappa shape index (κ3) is 3.61. The van der Waals surface area contributed by atoms with E-state index in [9.17, 15) is 13.9 Å². The van der Waals surface area contributed by atoms with Crippen LogP contribution in [0.2, 0.25) is 0 Å². The molecule has 0 spiro atoms. The fourth-order valence-electron chi connectivity index (χ4n) is 2.09. The second kappa shape index (κ2) is 6.26. The molecule has 1 N–H and O–H groups in total. The lowest BCUT2D eigenvalue weighted by atomic mass is 9.92. The molecule has 0 saturated carbocycles. The van der Waals surface area contributed by atoms with E-state index in [1.165, 1.54) is 12.1 Å². The number of hydrogen-bond acceptors (Lipinski definition) is 1. The van der Waals surface area contributed by atoms with Crippen LogP contribution in [0.25, 0.3) is 0 Å². The van der Waals surface area contributed by atoms with E-state index in [0.29, 0.717) is 12.0 Å². The van der Waals surface area contributed by atoms with Gasteiger partial charge >= 0.3 is 0 Å². The Labute approximate surface area is 119 Å². The molecular weight excluding hydrogens is 314 g/mol. The molecule has 100 valence electrons. The summed E-state index contributed by atoms with van der Waals surface area (Å²) in [6.45, 7) is -0.0826. The summed E-state index contributed by atoms with van der Waals surface area (Å²) in [5.74, 6) is -1.39. The van der Waals surface area contributed by atoms with Crippen molar-refractivity contribution in [3.05, 3.63) is 69.7 Å². The maximum atomic E-state index is 13.2. The van der Waals surface area contributed by atoms with E-state index >= 15 is 0 Å². The highest BCUT2D eigenvalue weighted by molar-refractivity contribution is 9.10. The van der Waals surface area contributed by atoms with Crippen molar-refractivity contribution in [2.75, 3.05) is 6.61 Å². The lowest BCUT2D eigenvalue weighted by Gasteiger charge is -2.16. The van der Waals surface area contributed by atoms with Crippen LogP contribution < -0.4 is 0 Å². The molecule has 0 aromatic heterocycles. The summed E-state index contributed by atoms with van der Waals surface area (Å²) in [5.41, 5.74) is 1.46. The molecule has 0 aliphatic rings. The lowest BCUT2D eigenvalue weighted by Crippen LogP contribution is -2.09. The Bertz CT molecular complexity index is 552. The van der Waals surface area contributed by atoms with E-state index in [0.717, 1.165) is 16.1 Å². The van der Waals surface area contributed by atoms with Gasteiger partial charge in [-0.1, -0.05) is 34.1 Å². The van der Waals surface area contributed by atoms with Crippen molar-refractivity contribution in [2.45, 2.75) is 12.3 Å². The van der Waals surface area contributed by atoms with Crippen molar-refractivity contribution < 1.29 is 13.9 Å². The molecule has 0 heterocycles. The fourth-order valence-corrected chi connectivity index (χ4v) is 2.70. The van der Waals surface area contributed by atoms with Gasteiger partial charge in [0.1, 0.15) is 11.6 Å². The Hall–Kier alpha value is -1.26. The second-order valence-electron chi connectivity index (χ2n) is 4.38. The SMILES string of the molecule is OCC(Cc1cc(F)cc(F)c1)c1ccccc1Br. The Balaban J connectivity index is 2.26. The van der Waals surface area contributed by atoms with E-state index in [2.05, 4.69) is 15.9 Å². The molecule has 1 nitrogen and oxygen atoms in total. The van der Waals surface area contributed by atoms with Gasteiger partial charge < -0.3 is 5.11 Å². The van der Waals surface area contributed by atoms with Crippen molar-refractivity contribution in [3.63, 3.8) is 0 Å². The highest BCUT2D eigenvalue weighted by Gasteiger charge is 2.15. The van der Waals surface area contributed by atoms with Crippen LogP contribution in [0.15, 0.2) is 46.9 Å². The summed E-state index contributed by atoms with van der Waals surface area (Å²) >= 11 is 3.42. The van der Waals surface area contributed by atoms with Crippen LogP contribution in [-0.4, -0.2) is 11.7 Å². The highest BCUT2D eigenvalue weighted by atomic mass is 79.9. The molecule has 1 atom stereocenters. The van der Waals surface area contributed by atoms with Gasteiger partial charge in [-0.15, -0.1) is 0 Å². The van der Waals surface area contributed by atoms with Crippen LogP contribution in [0.3, 0.4) is 0 Å². The topological polar surface area (TPSA) is 20.2 Å². The first kappa shape index (κ1) is 14.2.